The molecule has 0 saturated heterocycles. The maximum atomic E-state index is 12.6. The van der Waals surface area contributed by atoms with Crippen LogP contribution in [0.1, 0.15) is 31.9 Å². The fourth-order valence-corrected chi connectivity index (χ4v) is 5.70. The first-order chi connectivity index (χ1) is 13.1. The van der Waals surface area contributed by atoms with Gasteiger partial charge in [0.1, 0.15) is 0 Å². The highest BCUT2D eigenvalue weighted by atomic mass is 35.5. The average molecular weight is 422 g/mol. The van der Waals surface area contributed by atoms with Crippen LogP contribution in [-0.2, 0) is 22.7 Å². The van der Waals surface area contributed by atoms with E-state index in [2.05, 4.69) is 16.4 Å². The summed E-state index contributed by atoms with van der Waals surface area (Å²) in [7, 11) is -1.47. The van der Waals surface area contributed by atoms with E-state index in [9.17, 15) is 8.42 Å². The van der Waals surface area contributed by atoms with Crippen LogP contribution in [0.5, 0.6) is 0 Å². The predicted molar refractivity (Wildman–Crippen MR) is 116 cm³/mol. The van der Waals surface area contributed by atoms with Crippen molar-refractivity contribution in [2.75, 3.05) is 30.8 Å². The molecule has 0 radical (unpaired) electrons. The van der Waals surface area contributed by atoms with Crippen molar-refractivity contribution in [2.24, 2.45) is 5.41 Å². The number of pyridine rings is 1. The molecule has 1 aromatic carbocycles. The van der Waals surface area contributed by atoms with Crippen molar-refractivity contribution in [1.29, 1.82) is 0 Å². The summed E-state index contributed by atoms with van der Waals surface area (Å²) in [6, 6.07) is 7.42. The maximum absolute atomic E-state index is 12.6. The second-order valence-electron chi connectivity index (χ2n) is 8.52. The Morgan fingerprint density at radius 1 is 1.14 bits per heavy atom. The lowest BCUT2D eigenvalue weighted by atomic mass is 10.00. The molecule has 0 aliphatic carbocycles. The van der Waals surface area contributed by atoms with Gasteiger partial charge >= 0.3 is 0 Å². The van der Waals surface area contributed by atoms with E-state index in [4.69, 9.17) is 11.6 Å². The van der Waals surface area contributed by atoms with Crippen molar-refractivity contribution in [3.63, 3.8) is 0 Å². The second kappa shape index (κ2) is 8.01. The third-order valence-electron chi connectivity index (χ3n) is 4.84. The molecule has 1 aliphatic heterocycles. The van der Waals surface area contributed by atoms with Crippen molar-refractivity contribution in [2.45, 2.75) is 38.6 Å². The number of hydrogen-bond donors (Lipinski definition) is 1. The first kappa shape index (κ1) is 21.1. The molecule has 0 bridgehead atoms. The van der Waals surface area contributed by atoms with Crippen LogP contribution in [0.4, 0.5) is 11.4 Å². The van der Waals surface area contributed by atoms with E-state index in [1.165, 1.54) is 11.1 Å². The van der Waals surface area contributed by atoms with Crippen LogP contribution < -0.4 is 10.2 Å². The number of nitrogens with zero attached hydrogens (tertiary/aromatic N) is 2. The van der Waals surface area contributed by atoms with E-state index < -0.39 is 9.84 Å². The minimum Gasteiger partial charge on any atom is -0.342 e. The summed E-state index contributed by atoms with van der Waals surface area (Å²) >= 11 is 6.56. The average Bonchev–Trinajstić information content (AvgIpc) is 2.85. The highest BCUT2D eigenvalue weighted by Crippen LogP contribution is 2.37. The Labute approximate surface area is 173 Å². The number of sulfone groups is 1. The van der Waals surface area contributed by atoms with Crippen LogP contribution in [0.25, 0.3) is 0 Å². The van der Waals surface area contributed by atoms with Crippen molar-refractivity contribution in [3.8, 4) is 0 Å². The number of halogens is 1. The van der Waals surface area contributed by atoms with Gasteiger partial charge in [0.05, 0.1) is 28.3 Å². The molecule has 152 valence electrons. The van der Waals surface area contributed by atoms with Crippen molar-refractivity contribution >= 4 is 32.8 Å². The van der Waals surface area contributed by atoms with Crippen LogP contribution in [-0.4, -0.2) is 39.3 Å². The minimum atomic E-state index is -3.42. The Bertz CT molecular complexity index is 951. The normalized spacial score (nSPS) is 15.0. The highest BCUT2D eigenvalue weighted by molar-refractivity contribution is 7.91. The van der Waals surface area contributed by atoms with Crippen LogP contribution >= 0.6 is 11.6 Å². The van der Waals surface area contributed by atoms with Gasteiger partial charge in [0.2, 0.25) is 0 Å². The lowest BCUT2D eigenvalue weighted by molar-refractivity contribution is 0.461. The Balaban J connectivity index is 1.93. The smallest absolute Gasteiger partial charge is 0.196 e. The molecule has 3 rings (SSSR count). The summed E-state index contributed by atoms with van der Waals surface area (Å²) in [5.41, 5.74) is 3.99. The van der Waals surface area contributed by atoms with E-state index in [1.807, 2.05) is 38.8 Å². The number of benzene rings is 1. The number of hydrogen-bond acceptors (Lipinski definition) is 5. The molecule has 5 nitrogen and oxygen atoms in total. The molecule has 7 heteroatoms. The fourth-order valence-electron chi connectivity index (χ4n) is 3.61. The molecule has 0 saturated carbocycles. The Hall–Kier alpha value is -1.63. The van der Waals surface area contributed by atoms with Gasteiger partial charge in [-0.3, -0.25) is 0 Å². The molecule has 1 N–H and O–H groups in total. The molecule has 0 fully saturated rings. The molecular formula is C21H28ClN3O2S. The molecule has 28 heavy (non-hydrogen) atoms. The van der Waals surface area contributed by atoms with E-state index >= 15 is 0 Å². The molecule has 1 aliphatic rings. The molecule has 2 aromatic rings. The van der Waals surface area contributed by atoms with E-state index in [0.717, 1.165) is 37.3 Å². The third kappa shape index (κ3) is 4.67. The van der Waals surface area contributed by atoms with Gasteiger partial charge in [0, 0.05) is 7.05 Å². The Morgan fingerprint density at radius 3 is 2.50 bits per heavy atom. The molecular weight excluding hydrogens is 394 g/mol. The number of anilines is 2. The zero-order chi connectivity index (χ0) is 20.5. The van der Waals surface area contributed by atoms with Crippen LogP contribution in [0.15, 0.2) is 35.5 Å². The summed E-state index contributed by atoms with van der Waals surface area (Å²) < 4.78 is 25.2. The second-order valence-corrected chi connectivity index (χ2v) is 10.9. The van der Waals surface area contributed by atoms with Gasteiger partial charge in [0.25, 0.3) is 0 Å². The van der Waals surface area contributed by atoms with Gasteiger partial charge in [0.15, 0.2) is 14.9 Å². The van der Waals surface area contributed by atoms with Crippen LogP contribution in [0.3, 0.4) is 0 Å². The Morgan fingerprint density at radius 2 is 1.86 bits per heavy atom. The van der Waals surface area contributed by atoms with E-state index in [-0.39, 0.29) is 16.2 Å². The van der Waals surface area contributed by atoms with Gasteiger partial charge in [-0.25, -0.2) is 13.4 Å². The quantitative estimate of drug-likeness (QED) is 0.808. The third-order valence-corrected chi connectivity index (χ3v) is 7.27. The Kier molecular flexibility index (Phi) is 6.03. The highest BCUT2D eigenvalue weighted by Gasteiger charge is 2.25. The molecule has 0 amide bonds. The largest absolute Gasteiger partial charge is 0.342 e. The van der Waals surface area contributed by atoms with Gasteiger partial charge in [-0.05, 0) is 60.7 Å². The first-order valence-electron chi connectivity index (χ1n) is 9.52. The van der Waals surface area contributed by atoms with E-state index in [1.54, 1.807) is 18.3 Å². The van der Waals surface area contributed by atoms with Crippen molar-refractivity contribution in [1.82, 2.24) is 10.3 Å². The lowest BCUT2D eigenvalue weighted by Crippen LogP contribution is -2.22. The molecule has 2 heterocycles. The van der Waals surface area contributed by atoms with Crippen LogP contribution in [0, 0.1) is 5.41 Å². The van der Waals surface area contributed by atoms with Gasteiger partial charge < -0.3 is 10.2 Å². The number of rotatable bonds is 4. The van der Waals surface area contributed by atoms with Crippen molar-refractivity contribution in [3.05, 3.63) is 46.6 Å². The molecule has 0 atom stereocenters. The predicted octanol–water partition coefficient (Wildman–Crippen LogP) is 4.01. The number of nitrogens with one attached hydrogen (secondary N) is 1. The first-order valence-corrected chi connectivity index (χ1v) is 11.5. The summed E-state index contributed by atoms with van der Waals surface area (Å²) in [6.45, 7) is 7.59. The topological polar surface area (TPSA) is 62.3 Å². The van der Waals surface area contributed by atoms with Crippen LogP contribution in [0.2, 0.25) is 5.02 Å². The zero-order valence-corrected chi connectivity index (χ0v) is 18.5. The van der Waals surface area contributed by atoms with Gasteiger partial charge in [-0.2, -0.15) is 0 Å². The standard InChI is InChI=1S/C21H28ClN3O2S/c1-21(2,3)14-28(26,27)19-8-6-16(13-24-19)25(4)20-17-10-12-23-11-9-15(17)5-7-18(20)22/h5-8,13,23H,9-12,14H2,1-4H3. The SMILES string of the molecule is CN(c1ccc(S(=O)(=O)CC(C)(C)C)nc1)c1c(Cl)ccc2c1CCNCC2. The summed E-state index contributed by atoms with van der Waals surface area (Å²) in [4.78, 5) is 6.26. The maximum Gasteiger partial charge on any atom is 0.196 e. The monoisotopic (exact) mass is 421 g/mol. The number of fused-ring (bicyclic) bond motifs is 1. The fraction of sp³-hybridized carbons (Fsp3) is 0.476. The van der Waals surface area contributed by atoms with Gasteiger partial charge in [-0.15, -0.1) is 0 Å². The molecule has 1 aromatic heterocycles. The lowest BCUT2D eigenvalue weighted by Gasteiger charge is -2.25. The minimum absolute atomic E-state index is 0.0627. The zero-order valence-electron chi connectivity index (χ0n) is 16.9. The number of aromatic nitrogens is 1. The molecule has 0 unspecified atom stereocenters. The molecule has 0 spiro atoms. The summed E-state index contributed by atoms with van der Waals surface area (Å²) in [6.07, 6.45) is 3.48. The van der Waals surface area contributed by atoms with Gasteiger partial charge in [-0.1, -0.05) is 38.4 Å². The summed E-state index contributed by atoms with van der Waals surface area (Å²) in [5.74, 6) is 0.0627. The van der Waals surface area contributed by atoms with E-state index in [0.29, 0.717) is 5.02 Å². The van der Waals surface area contributed by atoms with Crippen molar-refractivity contribution < 1.29 is 8.42 Å². The summed E-state index contributed by atoms with van der Waals surface area (Å²) in [5, 5.41) is 4.22.